The first-order valence-corrected chi connectivity index (χ1v) is 9.55. The first-order valence-electron chi connectivity index (χ1n) is 8.79. The molecule has 0 aliphatic heterocycles. The highest BCUT2D eigenvalue weighted by molar-refractivity contribution is 6.31. The summed E-state index contributed by atoms with van der Waals surface area (Å²) in [7, 11) is 0. The number of allylic oxidation sites excluding steroid dienone is 4. The Kier molecular flexibility index (Phi) is 7.26. The number of nitrogens with zero attached hydrogens (tertiary/aromatic N) is 2. The summed E-state index contributed by atoms with van der Waals surface area (Å²) in [5.41, 5.74) is -3.97. The lowest BCUT2D eigenvalue weighted by Crippen LogP contribution is -2.55. The Balaban J connectivity index is 2.56. The molecule has 0 aromatic rings. The van der Waals surface area contributed by atoms with E-state index in [1.165, 1.54) is 36.5 Å². The summed E-state index contributed by atoms with van der Waals surface area (Å²) in [6, 6.07) is 0. The molecule has 4 unspecified atom stereocenters. The third-order valence-corrected chi connectivity index (χ3v) is 4.74. The lowest BCUT2D eigenvalue weighted by molar-refractivity contribution is -0.562. The van der Waals surface area contributed by atoms with Crippen molar-refractivity contribution in [3.05, 3.63) is 66.7 Å². The van der Waals surface area contributed by atoms with Gasteiger partial charge in [0.2, 0.25) is 0 Å². The monoisotopic (exact) mass is 436 g/mol. The maximum Gasteiger partial charge on any atom is 0.330 e. The van der Waals surface area contributed by atoms with Gasteiger partial charge >= 0.3 is 11.1 Å². The van der Waals surface area contributed by atoms with E-state index >= 15 is 0 Å². The molecular formula is C20H18Cl2N2O5. The van der Waals surface area contributed by atoms with Gasteiger partial charge in [0.25, 0.3) is 0 Å². The van der Waals surface area contributed by atoms with Crippen molar-refractivity contribution in [2.75, 3.05) is 0 Å². The lowest BCUT2D eigenvalue weighted by Gasteiger charge is -2.33. The van der Waals surface area contributed by atoms with E-state index in [-0.39, 0.29) is 10.1 Å². The van der Waals surface area contributed by atoms with Crippen LogP contribution in [0.3, 0.4) is 0 Å². The van der Waals surface area contributed by atoms with E-state index < -0.39 is 33.1 Å². The highest BCUT2D eigenvalue weighted by Gasteiger charge is 2.55. The van der Waals surface area contributed by atoms with E-state index in [0.29, 0.717) is 12.8 Å². The fourth-order valence-corrected chi connectivity index (χ4v) is 3.35. The summed E-state index contributed by atoms with van der Waals surface area (Å²) >= 11 is 12.0. The minimum Gasteiger partial charge on any atom is -0.349 e. The molecule has 0 aromatic carbocycles. The molecule has 0 saturated heterocycles. The predicted octanol–water partition coefficient (Wildman–Crippen LogP) is 3.98. The van der Waals surface area contributed by atoms with Crippen molar-refractivity contribution in [2.24, 2.45) is 0 Å². The van der Waals surface area contributed by atoms with Crippen molar-refractivity contribution in [3.63, 3.8) is 0 Å². The van der Waals surface area contributed by atoms with Crippen LogP contribution in [0.15, 0.2) is 46.5 Å². The van der Waals surface area contributed by atoms with Crippen LogP contribution in [-0.4, -0.2) is 33.1 Å². The van der Waals surface area contributed by atoms with E-state index in [1.807, 2.05) is 0 Å². The summed E-state index contributed by atoms with van der Waals surface area (Å²) in [6.07, 6.45) is 6.27. The minimum atomic E-state index is -1.98. The molecule has 2 aliphatic rings. The smallest absolute Gasteiger partial charge is 0.330 e. The first kappa shape index (κ1) is 22.7. The topological polar surface area (TPSA) is 95.5 Å². The molecule has 2 rings (SSSR count). The Bertz CT molecular complexity index is 871. The van der Waals surface area contributed by atoms with Gasteiger partial charge in [0, 0.05) is 44.9 Å². The standard InChI is InChI=1S/C20H18Cl2N2O5/c1-3-5-11-19(23(25)26)13-15(21)7-9-17(19)29-18-10-8-16(22)14-20(18,24(27)28)12-6-4-2/h7-10,13-14,17-18H,3-4H2,1-2H3. The number of halogens is 2. The van der Waals surface area contributed by atoms with Crippen LogP contribution in [0.1, 0.15) is 26.7 Å². The van der Waals surface area contributed by atoms with Crippen molar-refractivity contribution in [1.29, 1.82) is 0 Å². The van der Waals surface area contributed by atoms with Gasteiger partial charge in [0.15, 0.2) is 12.2 Å². The Morgan fingerprint density at radius 1 is 0.931 bits per heavy atom. The van der Waals surface area contributed by atoms with E-state index in [9.17, 15) is 20.2 Å². The maximum atomic E-state index is 12.0. The number of hydrogen-bond acceptors (Lipinski definition) is 5. The van der Waals surface area contributed by atoms with E-state index in [4.69, 9.17) is 27.9 Å². The number of ether oxygens (including phenoxy) is 1. The fourth-order valence-electron chi connectivity index (χ4n) is 2.87. The zero-order valence-corrected chi connectivity index (χ0v) is 17.2. The van der Waals surface area contributed by atoms with Crippen LogP contribution in [-0.2, 0) is 4.74 Å². The average molecular weight is 437 g/mol. The molecule has 152 valence electrons. The summed E-state index contributed by atoms with van der Waals surface area (Å²) < 4.78 is 5.91. The van der Waals surface area contributed by atoms with Gasteiger partial charge in [-0.3, -0.25) is 20.2 Å². The van der Waals surface area contributed by atoms with Crippen molar-refractivity contribution >= 4 is 23.2 Å². The fraction of sp³-hybridized carbons (Fsp3) is 0.400. The van der Waals surface area contributed by atoms with Crippen LogP contribution in [0.4, 0.5) is 0 Å². The highest BCUT2D eigenvalue weighted by atomic mass is 35.5. The molecule has 9 heteroatoms. The predicted molar refractivity (Wildman–Crippen MR) is 110 cm³/mol. The largest absolute Gasteiger partial charge is 0.349 e. The summed E-state index contributed by atoms with van der Waals surface area (Å²) in [4.78, 5) is 22.7. The molecule has 0 radical (unpaired) electrons. The molecule has 0 bridgehead atoms. The Morgan fingerprint density at radius 3 is 1.62 bits per heavy atom. The van der Waals surface area contributed by atoms with Gasteiger partial charge in [0.1, 0.15) is 0 Å². The number of nitro groups is 2. The summed E-state index contributed by atoms with van der Waals surface area (Å²) in [5, 5.41) is 24.2. The molecule has 0 N–H and O–H groups in total. The van der Waals surface area contributed by atoms with Gasteiger partial charge in [0.05, 0.1) is 0 Å². The van der Waals surface area contributed by atoms with Crippen molar-refractivity contribution in [3.8, 4) is 23.7 Å². The molecule has 0 fully saturated rings. The Hall–Kier alpha value is -2.58. The number of rotatable bonds is 4. The molecule has 0 aromatic heterocycles. The SMILES string of the molecule is CCC#CC1([N+](=O)[O-])C=C(Cl)C=CC1OC1C=CC(Cl)=CC1(C#CCC)[N+](=O)[O-]. The van der Waals surface area contributed by atoms with Crippen molar-refractivity contribution < 1.29 is 14.6 Å². The molecule has 29 heavy (non-hydrogen) atoms. The van der Waals surface area contributed by atoms with Crippen molar-refractivity contribution in [2.45, 2.75) is 50.0 Å². The van der Waals surface area contributed by atoms with Crippen LogP contribution in [0.25, 0.3) is 0 Å². The molecular weight excluding hydrogens is 419 g/mol. The lowest BCUT2D eigenvalue weighted by atomic mass is 9.86. The van der Waals surface area contributed by atoms with Crippen LogP contribution in [0.2, 0.25) is 0 Å². The third-order valence-electron chi connectivity index (χ3n) is 4.27. The van der Waals surface area contributed by atoms with Gasteiger partial charge in [-0.1, -0.05) is 48.9 Å². The van der Waals surface area contributed by atoms with Gasteiger partial charge in [-0.15, -0.1) is 0 Å². The van der Waals surface area contributed by atoms with Crippen molar-refractivity contribution in [1.82, 2.24) is 0 Å². The quantitative estimate of drug-likeness (QED) is 0.377. The van der Waals surface area contributed by atoms with Crippen LogP contribution < -0.4 is 0 Å². The molecule has 0 saturated carbocycles. The normalized spacial score (nSPS) is 30.2. The molecule has 4 atom stereocenters. The minimum absolute atomic E-state index is 0.125. The van der Waals surface area contributed by atoms with E-state index in [1.54, 1.807) is 13.8 Å². The van der Waals surface area contributed by atoms with E-state index in [0.717, 1.165) is 0 Å². The first-order chi connectivity index (χ1) is 13.7. The second kappa shape index (κ2) is 9.28. The molecule has 0 heterocycles. The van der Waals surface area contributed by atoms with Gasteiger partial charge < -0.3 is 4.74 Å². The number of hydrogen-bond donors (Lipinski definition) is 0. The Morgan fingerprint density at radius 2 is 1.31 bits per heavy atom. The molecule has 0 amide bonds. The van der Waals surface area contributed by atoms with Crippen LogP contribution in [0, 0.1) is 43.9 Å². The van der Waals surface area contributed by atoms with Crippen LogP contribution in [0.5, 0.6) is 0 Å². The third kappa shape index (κ3) is 4.54. The van der Waals surface area contributed by atoms with Gasteiger partial charge in [-0.25, -0.2) is 0 Å². The maximum absolute atomic E-state index is 12.0. The summed E-state index contributed by atoms with van der Waals surface area (Å²) in [5.74, 6) is 10.6. The van der Waals surface area contributed by atoms with Gasteiger partial charge in [-0.05, 0) is 36.1 Å². The molecule has 0 spiro atoms. The second-order valence-electron chi connectivity index (χ2n) is 6.23. The van der Waals surface area contributed by atoms with Crippen LogP contribution >= 0.6 is 23.2 Å². The second-order valence-corrected chi connectivity index (χ2v) is 7.10. The van der Waals surface area contributed by atoms with Gasteiger partial charge in [-0.2, -0.15) is 0 Å². The highest BCUT2D eigenvalue weighted by Crippen LogP contribution is 2.35. The zero-order valence-electron chi connectivity index (χ0n) is 15.7. The summed E-state index contributed by atoms with van der Waals surface area (Å²) in [6.45, 7) is 3.49. The Labute approximate surface area is 178 Å². The molecule has 7 nitrogen and oxygen atoms in total. The van der Waals surface area contributed by atoms with E-state index in [2.05, 4.69) is 23.7 Å². The zero-order chi connectivity index (χ0) is 21.7. The molecule has 2 aliphatic carbocycles. The average Bonchev–Trinajstić information content (AvgIpc) is 2.67.